The van der Waals surface area contributed by atoms with Crippen LogP contribution in [0.3, 0.4) is 0 Å². The fraction of sp³-hybridized carbons (Fsp3) is 0.467. The molecule has 0 saturated heterocycles. The molecule has 5 nitrogen and oxygen atoms in total. The summed E-state index contributed by atoms with van der Waals surface area (Å²) in [5.74, 6) is -1.10. The first-order chi connectivity index (χ1) is 9.58. The number of benzene rings is 1. The first-order valence-corrected chi connectivity index (χ1v) is 6.75. The summed E-state index contributed by atoms with van der Waals surface area (Å²) in [6.07, 6.45) is 1.15. The van der Waals surface area contributed by atoms with Crippen molar-refractivity contribution in [3.8, 4) is 5.75 Å². The predicted molar refractivity (Wildman–Crippen MR) is 74.0 cm³/mol. The highest BCUT2D eigenvalue weighted by Crippen LogP contribution is 2.14. The quantitative estimate of drug-likeness (QED) is 0.585. The molecule has 1 aromatic carbocycles. The number of hydrogen-bond acceptors (Lipinski definition) is 4. The zero-order valence-corrected chi connectivity index (χ0v) is 11.8. The van der Waals surface area contributed by atoms with E-state index in [0.29, 0.717) is 17.9 Å². The highest BCUT2D eigenvalue weighted by Gasteiger charge is 2.20. The van der Waals surface area contributed by atoms with Crippen LogP contribution < -0.4 is 4.74 Å². The molecular weight excluding hydrogens is 260 g/mol. The van der Waals surface area contributed by atoms with Crippen molar-refractivity contribution in [2.24, 2.45) is 0 Å². The maximum atomic E-state index is 11.8. The molecule has 110 valence electrons. The average Bonchev–Trinajstić information content (AvgIpc) is 2.45. The van der Waals surface area contributed by atoms with Gasteiger partial charge in [-0.15, -0.1) is 0 Å². The van der Waals surface area contributed by atoms with Crippen LogP contribution in [-0.2, 0) is 9.53 Å². The molecule has 1 atom stereocenters. The van der Waals surface area contributed by atoms with Crippen LogP contribution in [0.15, 0.2) is 24.3 Å². The van der Waals surface area contributed by atoms with Crippen molar-refractivity contribution in [1.29, 1.82) is 0 Å². The summed E-state index contributed by atoms with van der Waals surface area (Å²) in [7, 11) is 0. The Morgan fingerprint density at radius 2 is 1.85 bits per heavy atom. The predicted octanol–water partition coefficient (Wildman–Crippen LogP) is 2.89. The second kappa shape index (κ2) is 8.19. The van der Waals surface area contributed by atoms with Gasteiger partial charge in [0.15, 0.2) is 6.10 Å². The van der Waals surface area contributed by atoms with E-state index < -0.39 is 18.0 Å². The minimum atomic E-state index is -1.14. The van der Waals surface area contributed by atoms with Crippen LogP contribution in [0.2, 0.25) is 0 Å². The Hall–Kier alpha value is -2.04. The number of carboxylic acid groups (broad SMARTS) is 1. The average molecular weight is 280 g/mol. The largest absolute Gasteiger partial charge is 0.494 e. The van der Waals surface area contributed by atoms with Crippen LogP contribution in [0.4, 0.5) is 0 Å². The molecule has 0 heterocycles. The van der Waals surface area contributed by atoms with Gasteiger partial charge in [0.2, 0.25) is 0 Å². The number of esters is 1. The minimum absolute atomic E-state index is 0.235. The van der Waals surface area contributed by atoms with Crippen molar-refractivity contribution in [2.75, 3.05) is 6.61 Å². The lowest BCUT2D eigenvalue weighted by molar-refractivity contribution is -0.147. The van der Waals surface area contributed by atoms with E-state index in [1.54, 1.807) is 31.2 Å². The van der Waals surface area contributed by atoms with Gasteiger partial charge in [-0.1, -0.05) is 20.3 Å². The Labute approximate surface area is 118 Å². The number of aliphatic carboxylic acids is 1. The zero-order chi connectivity index (χ0) is 15.0. The SMILES string of the molecule is CCCCOc1ccc(C(=O)OC(CC)C(=O)O)cc1. The molecular formula is C15H20O5. The van der Waals surface area contributed by atoms with Crippen LogP contribution in [0.5, 0.6) is 5.75 Å². The molecule has 1 rings (SSSR count). The third-order valence-electron chi connectivity index (χ3n) is 2.75. The standard InChI is InChI=1S/C15H20O5/c1-3-5-10-19-12-8-6-11(7-9-12)15(18)20-13(4-2)14(16)17/h6-9,13H,3-5,10H2,1-2H3,(H,16,17). The monoisotopic (exact) mass is 280 g/mol. The minimum Gasteiger partial charge on any atom is -0.494 e. The van der Waals surface area contributed by atoms with E-state index in [-0.39, 0.29) is 6.42 Å². The molecule has 0 spiro atoms. The fourth-order valence-corrected chi connectivity index (χ4v) is 1.53. The Morgan fingerprint density at radius 3 is 2.35 bits per heavy atom. The normalized spacial score (nSPS) is 11.7. The van der Waals surface area contributed by atoms with Gasteiger partial charge in [-0.25, -0.2) is 9.59 Å². The second-order valence-electron chi connectivity index (χ2n) is 4.37. The van der Waals surface area contributed by atoms with E-state index in [1.165, 1.54) is 0 Å². The summed E-state index contributed by atoms with van der Waals surface area (Å²) >= 11 is 0. The van der Waals surface area contributed by atoms with E-state index in [0.717, 1.165) is 12.8 Å². The molecule has 0 aliphatic rings. The van der Waals surface area contributed by atoms with Gasteiger partial charge < -0.3 is 14.6 Å². The second-order valence-corrected chi connectivity index (χ2v) is 4.37. The lowest BCUT2D eigenvalue weighted by Gasteiger charge is -2.11. The van der Waals surface area contributed by atoms with Gasteiger partial charge in [-0.05, 0) is 37.1 Å². The smallest absolute Gasteiger partial charge is 0.345 e. The number of carbonyl (C=O) groups is 2. The third kappa shape index (κ3) is 4.91. The van der Waals surface area contributed by atoms with Crippen LogP contribution >= 0.6 is 0 Å². The van der Waals surface area contributed by atoms with Gasteiger partial charge in [0.05, 0.1) is 12.2 Å². The molecule has 1 unspecified atom stereocenters. The third-order valence-corrected chi connectivity index (χ3v) is 2.75. The molecule has 20 heavy (non-hydrogen) atoms. The first-order valence-electron chi connectivity index (χ1n) is 6.75. The topological polar surface area (TPSA) is 72.8 Å². The van der Waals surface area contributed by atoms with Crippen molar-refractivity contribution in [3.05, 3.63) is 29.8 Å². The Balaban J connectivity index is 2.59. The summed E-state index contributed by atoms with van der Waals surface area (Å²) in [5.41, 5.74) is 0.313. The first kappa shape index (κ1) is 16.0. The maximum Gasteiger partial charge on any atom is 0.345 e. The number of ether oxygens (including phenoxy) is 2. The number of carbonyl (C=O) groups excluding carboxylic acids is 1. The van der Waals surface area contributed by atoms with Crippen molar-refractivity contribution >= 4 is 11.9 Å². The van der Waals surface area contributed by atoms with E-state index in [2.05, 4.69) is 6.92 Å². The van der Waals surface area contributed by atoms with E-state index in [9.17, 15) is 9.59 Å². The zero-order valence-electron chi connectivity index (χ0n) is 11.8. The molecule has 0 fully saturated rings. The number of carboxylic acids is 1. The van der Waals surface area contributed by atoms with Gasteiger partial charge in [0, 0.05) is 0 Å². The summed E-state index contributed by atoms with van der Waals surface area (Å²) in [5, 5.41) is 8.84. The molecule has 0 radical (unpaired) electrons. The van der Waals surface area contributed by atoms with Crippen LogP contribution in [0, 0.1) is 0 Å². The molecule has 0 aromatic heterocycles. The molecule has 0 amide bonds. The molecule has 0 bridgehead atoms. The van der Waals surface area contributed by atoms with E-state index >= 15 is 0 Å². The summed E-state index contributed by atoms with van der Waals surface area (Å²) in [6, 6.07) is 6.48. The number of rotatable bonds is 8. The molecule has 0 aliphatic carbocycles. The molecule has 5 heteroatoms. The van der Waals surface area contributed by atoms with Gasteiger partial charge >= 0.3 is 11.9 Å². The Bertz CT molecular complexity index is 438. The Kier molecular flexibility index (Phi) is 6.56. The van der Waals surface area contributed by atoms with Crippen molar-refractivity contribution in [2.45, 2.75) is 39.2 Å². The van der Waals surface area contributed by atoms with Gasteiger partial charge in [-0.3, -0.25) is 0 Å². The van der Waals surface area contributed by atoms with Crippen LogP contribution in [-0.4, -0.2) is 29.8 Å². The van der Waals surface area contributed by atoms with Crippen molar-refractivity contribution in [1.82, 2.24) is 0 Å². The summed E-state index contributed by atoms with van der Waals surface area (Å²) in [4.78, 5) is 22.6. The molecule has 0 saturated carbocycles. The highest BCUT2D eigenvalue weighted by atomic mass is 16.6. The lowest BCUT2D eigenvalue weighted by atomic mass is 10.2. The van der Waals surface area contributed by atoms with Gasteiger partial charge in [0.25, 0.3) is 0 Å². The van der Waals surface area contributed by atoms with Gasteiger partial charge in [0.1, 0.15) is 5.75 Å². The van der Waals surface area contributed by atoms with Gasteiger partial charge in [-0.2, -0.15) is 0 Å². The highest BCUT2D eigenvalue weighted by molar-refractivity contribution is 5.91. The summed E-state index contributed by atoms with van der Waals surface area (Å²) in [6.45, 7) is 4.36. The van der Waals surface area contributed by atoms with Crippen LogP contribution in [0.1, 0.15) is 43.5 Å². The van der Waals surface area contributed by atoms with Crippen LogP contribution in [0.25, 0.3) is 0 Å². The number of hydrogen-bond donors (Lipinski definition) is 1. The molecule has 1 N–H and O–H groups in total. The lowest BCUT2D eigenvalue weighted by Crippen LogP contribution is -2.26. The molecule has 0 aliphatic heterocycles. The van der Waals surface area contributed by atoms with Crippen molar-refractivity contribution < 1.29 is 24.2 Å². The maximum absolute atomic E-state index is 11.8. The number of unbranched alkanes of at least 4 members (excludes halogenated alkanes) is 1. The molecule has 1 aromatic rings. The Morgan fingerprint density at radius 1 is 1.20 bits per heavy atom. The van der Waals surface area contributed by atoms with E-state index in [1.807, 2.05) is 0 Å². The summed E-state index contributed by atoms with van der Waals surface area (Å²) < 4.78 is 10.4. The fourth-order valence-electron chi connectivity index (χ4n) is 1.53. The van der Waals surface area contributed by atoms with Crippen molar-refractivity contribution in [3.63, 3.8) is 0 Å². The van der Waals surface area contributed by atoms with E-state index in [4.69, 9.17) is 14.6 Å².